The highest BCUT2D eigenvalue weighted by atomic mass is 19.1. The fraction of sp³-hybridized carbons (Fsp3) is 0.500. The second-order valence-electron chi connectivity index (χ2n) is 9.54. The molecule has 3 aliphatic carbocycles. The van der Waals surface area contributed by atoms with Crippen LogP contribution < -0.4 is 4.90 Å². The minimum absolute atomic E-state index is 0.314. The van der Waals surface area contributed by atoms with Crippen molar-refractivity contribution in [2.45, 2.75) is 51.6 Å². The number of aryl methyl sites for hydroxylation is 1. The van der Waals surface area contributed by atoms with E-state index in [-0.39, 0.29) is 0 Å². The number of halogens is 1. The summed E-state index contributed by atoms with van der Waals surface area (Å²) in [4.78, 5) is 22.0. The van der Waals surface area contributed by atoms with E-state index >= 15 is 0 Å². The molecular weight excluding hydrogens is 369 g/mol. The second kappa shape index (κ2) is 5.26. The van der Waals surface area contributed by atoms with Crippen LogP contribution in [0.5, 0.6) is 0 Å². The molecule has 2 saturated carbocycles. The predicted octanol–water partition coefficient (Wildman–Crippen LogP) is 3.85. The van der Waals surface area contributed by atoms with Crippen LogP contribution in [0.1, 0.15) is 43.0 Å². The number of nitrogens with zero attached hydrogens (tertiary/aromatic N) is 3. The molecule has 0 spiro atoms. The van der Waals surface area contributed by atoms with Gasteiger partial charge in [0, 0.05) is 24.0 Å². The first kappa shape index (κ1) is 17.2. The van der Waals surface area contributed by atoms with Crippen molar-refractivity contribution in [3.05, 3.63) is 29.0 Å². The normalized spacial score (nSPS) is 26.1. The van der Waals surface area contributed by atoms with Gasteiger partial charge in [-0.05, 0) is 68.1 Å². The molecule has 29 heavy (non-hydrogen) atoms. The lowest BCUT2D eigenvalue weighted by atomic mass is 9.88. The average Bonchev–Trinajstić information content (AvgIpc) is 3.46. The number of carbonyl (C=O) groups is 1. The highest BCUT2D eigenvalue weighted by Crippen LogP contribution is 2.59. The van der Waals surface area contributed by atoms with E-state index in [0.29, 0.717) is 23.9 Å². The number of rotatable bonds is 3. The van der Waals surface area contributed by atoms with E-state index in [2.05, 4.69) is 22.1 Å². The number of hydrogen-bond donors (Lipinski definition) is 2. The number of anilines is 1. The second-order valence-corrected chi connectivity index (χ2v) is 9.54. The Kier molecular flexibility index (Phi) is 3.12. The fourth-order valence-corrected chi connectivity index (χ4v) is 5.01. The summed E-state index contributed by atoms with van der Waals surface area (Å²) in [6.07, 6.45) is 4.02. The smallest absolute Gasteiger partial charge is 0.264 e. The SMILES string of the molecule is Cc1cc2[nH]c(-c3n[nH]c4c3C[C@@H]3C[C@]3(C)C4)nc2cc1N(C)C(=O)C1(F)CC1. The minimum Gasteiger partial charge on any atom is -0.337 e. The van der Waals surface area contributed by atoms with E-state index in [1.165, 1.54) is 22.6 Å². The number of hydrogen-bond acceptors (Lipinski definition) is 3. The summed E-state index contributed by atoms with van der Waals surface area (Å²) >= 11 is 0. The molecule has 0 radical (unpaired) electrons. The van der Waals surface area contributed by atoms with Gasteiger partial charge in [0.1, 0.15) is 5.69 Å². The number of imidazole rings is 1. The third-order valence-electron chi connectivity index (χ3n) is 7.28. The number of nitrogens with one attached hydrogen (secondary N) is 2. The summed E-state index contributed by atoms with van der Waals surface area (Å²) in [6, 6.07) is 3.84. The molecule has 2 atom stereocenters. The van der Waals surface area contributed by atoms with Crippen LogP contribution >= 0.6 is 0 Å². The summed E-state index contributed by atoms with van der Waals surface area (Å²) in [5.41, 5.74) is 5.43. The first-order valence-electron chi connectivity index (χ1n) is 10.3. The molecule has 2 aromatic heterocycles. The van der Waals surface area contributed by atoms with Crippen LogP contribution in [0.15, 0.2) is 12.1 Å². The molecule has 0 unspecified atom stereocenters. The Balaban J connectivity index is 1.38. The quantitative estimate of drug-likeness (QED) is 0.709. The molecule has 0 saturated heterocycles. The molecule has 150 valence electrons. The van der Waals surface area contributed by atoms with Gasteiger partial charge in [-0.3, -0.25) is 9.89 Å². The molecule has 1 aromatic carbocycles. The lowest BCUT2D eigenvalue weighted by Gasteiger charge is -2.21. The number of carbonyl (C=O) groups excluding carboxylic acids is 1. The van der Waals surface area contributed by atoms with Gasteiger partial charge < -0.3 is 9.88 Å². The number of amides is 1. The Bertz CT molecular complexity index is 1190. The number of aromatic amines is 2. The molecular formula is C22H24FN5O. The first-order chi connectivity index (χ1) is 13.8. The van der Waals surface area contributed by atoms with E-state index in [1.54, 1.807) is 7.05 Å². The number of alkyl halides is 1. The monoisotopic (exact) mass is 393 g/mol. The predicted molar refractivity (Wildman–Crippen MR) is 109 cm³/mol. The van der Waals surface area contributed by atoms with Gasteiger partial charge in [-0.25, -0.2) is 9.37 Å². The minimum atomic E-state index is -1.68. The average molecular weight is 393 g/mol. The Hall–Kier alpha value is -2.70. The van der Waals surface area contributed by atoms with Crippen LogP contribution in [0.4, 0.5) is 10.1 Å². The van der Waals surface area contributed by atoms with Gasteiger partial charge in [-0.2, -0.15) is 5.10 Å². The Morgan fingerprint density at radius 2 is 2.14 bits per heavy atom. The third-order valence-corrected chi connectivity index (χ3v) is 7.28. The van der Waals surface area contributed by atoms with Gasteiger partial charge in [0.2, 0.25) is 0 Å². The van der Waals surface area contributed by atoms with Gasteiger partial charge in [0.15, 0.2) is 11.5 Å². The molecule has 6 rings (SSSR count). The lowest BCUT2D eigenvalue weighted by Crippen LogP contribution is -2.35. The maximum atomic E-state index is 14.3. The zero-order valence-electron chi connectivity index (χ0n) is 16.9. The molecule has 3 aromatic rings. The summed E-state index contributed by atoms with van der Waals surface area (Å²) in [5, 5.41) is 7.79. The summed E-state index contributed by atoms with van der Waals surface area (Å²) in [7, 11) is 1.64. The van der Waals surface area contributed by atoms with E-state index in [9.17, 15) is 9.18 Å². The third kappa shape index (κ3) is 2.42. The van der Waals surface area contributed by atoms with Crippen molar-refractivity contribution in [3.8, 4) is 11.5 Å². The Morgan fingerprint density at radius 3 is 2.90 bits per heavy atom. The summed E-state index contributed by atoms with van der Waals surface area (Å²) in [6.45, 7) is 4.29. The van der Waals surface area contributed by atoms with E-state index in [1.807, 2.05) is 19.1 Å². The number of H-pyrrole nitrogens is 2. The number of fused-ring (bicyclic) bond motifs is 3. The van der Waals surface area contributed by atoms with Gasteiger partial charge in [0.05, 0.1) is 11.0 Å². The van der Waals surface area contributed by atoms with Gasteiger partial charge in [0.25, 0.3) is 5.91 Å². The van der Waals surface area contributed by atoms with Crippen molar-refractivity contribution < 1.29 is 9.18 Å². The van der Waals surface area contributed by atoms with Gasteiger partial charge in [-0.1, -0.05) is 6.92 Å². The van der Waals surface area contributed by atoms with Crippen molar-refractivity contribution in [2.24, 2.45) is 11.3 Å². The molecule has 7 heteroatoms. The van der Waals surface area contributed by atoms with Gasteiger partial charge in [-0.15, -0.1) is 0 Å². The molecule has 2 N–H and O–H groups in total. The van der Waals surface area contributed by atoms with Crippen LogP contribution in [-0.4, -0.2) is 38.8 Å². The maximum absolute atomic E-state index is 14.3. The zero-order valence-corrected chi connectivity index (χ0v) is 16.9. The Morgan fingerprint density at radius 1 is 1.34 bits per heavy atom. The molecule has 1 amide bonds. The molecule has 6 nitrogen and oxygen atoms in total. The highest BCUT2D eigenvalue weighted by Gasteiger charge is 2.54. The van der Waals surface area contributed by atoms with Crippen LogP contribution in [-0.2, 0) is 17.6 Å². The summed E-state index contributed by atoms with van der Waals surface area (Å²) in [5.74, 6) is 1.03. The number of benzene rings is 1. The van der Waals surface area contributed by atoms with Crippen molar-refractivity contribution >= 4 is 22.6 Å². The number of aromatic nitrogens is 4. The summed E-state index contributed by atoms with van der Waals surface area (Å²) < 4.78 is 14.3. The maximum Gasteiger partial charge on any atom is 0.264 e. The first-order valence-corrected chi connectivity index (χ1v) is 10.3. The largest absolute Gasteiger partial charge is 0.337 e. The molecule has 2 heterocycles. The van der Waals surface area contributed by atoms with Crippen molar-refractivity contribution in [2.75, 3.05) is 11.9 Å². The van der Waals surface area contributed by atoms with Crippen LogP contribution in [0.25, 0.3) is 22.6 Å². The topological polar surface area (TPSA) is 77.7 Å². The van der Waals surface area contributed by atoms with E-state index in [0.717, 1.165) is 46.9 Å². The van der Waals surface area contributed by atoms with E-state index in [4.69, 9.17) is 4.98 Å². The Labute approximate surface area is 167 Å². The molecule has 3 aliphatic rings. The molecule has 2 fully saturated rings. The van der Waals surface area contributed by atoms with Crippen LogP contribution in [0, 0.1) is 18.3 Å². The fourth-order valence-electron chi connectivity index (χ4n) is 5.01. The standard InChI is InChI=1S/C22H24FN5O/c1-11-6-14-15(8-17(11)28(3)20(29)22(23)4-5-22)25-19(24-14)18-13-7-12-9-21(12,2)10-16(13)26-27-18/h6,8,12H,4-5,7,9-10H2,1-3H3,(H,24,25)(H,26,27)/t12-,21-/m1/s1. The molecule has 0 bridgehead atoms. The molecule has 0 aliphatic heterocycles. The van der Waals surface area contributed by atoms with Crippen molar-refractivity contribution in [1.82, 2.24) is 20.2 Å². The van der Waals surface area contributed by atoms with Gasteiger partial charge >= 0.3 is 0 Å². The van der Waals surface area contributed by atoms with Crippen LogP contribution in [0.3, 0.4) is 0 Å². The lowest BCUT2D eigenvalue weighted by molar-refractivity contribution is -0.124. The highest BCUT2D eigenvalue weighted by molar-refractivity contribution is 6.02. The van der Waals surface area contributed by atoms with E-state index < -0.39 is 11.6 Å². The zero-order chi connectivity index (χ0) is 20.1. The van der Waals surface area contributed by atoms with Crippen molar-refractivity contribution in [1.29, 1.82) is 0 Å². The van der Waals surface area contributed by atoms with Crippen molar-refractivity contribution in [3.63, 3.8) is 0 Å². The van der Waals surface area contributed by atoms with Crippen LogP contribution in [0.2, 0.25) is 0 Å².